The molecule has 0 fully saturated rings. The van der Waals surface area contributed by atoms with E-state index < -0.39 is 0 Å². The molecule has 4 aromatic heterocycles. The molecule has 0 spiro atoms. The number of thiophene rings is 2. The van der Waals surface area contributed by atoms with Crippen molar-refractivity contribution in [1.82, 2.24) is 19.9 Å². The van der Waals surface area contributed by atoms with Crippen molar-refractivity contribution >= 4 is 95.5 Å². The molecule has 0 atom stereocenters. The average Bonchev–Trinajstić information content (AvgIpc) is 3.99. The monoisotopic (exact) mass is 900 g/mol. The number of fused-ring (bicyclic) bond motifs is 11. The number of pyridine rings is 1. The Morgan fingerprint density at radius 2 is 0.897 bits per heavy atom. The van der Waals surface area contributed by atoms with Gasteiger partial charge in [-0.1, -0.05) is 182 Å². The molecule has 4 nitrogen and oxygen atoms in total. The molecule has 4 heterocycles. The SMILES string of the molecule is c1ccc(-c2nc(-c3ccccc3)nc(-c3ccc4sc5c(-c6c(-c7ccc8c(c7)nc(-c7ccccc7)c7ccc9sc%10ccccc%10c9c78)ccc7ccccc67)cccc5c4c3)n2)cc1. The van der Waals surface area contributed by atoms with Gasteiger partial charge in [0.15, 0.2) is 17.5 Å². The summed E-state index contributed by atoms with van der Waals surface area (Å²) in [6.45, 7) is 0. The quantitative estimate of drug-likeness (QED) is 0.156. The van der Waals surface area contributed by atoms with Crippen molar-refractivity contribution in [3.8, 4) is 67.7 Å². The lowest BCUT2D eigenvalue weighted by atomic mass is 9.88. The average molecular weight is 901 g/mol. The van der Waals surface area contributed by atoms with Gasteiger partial charge in [-0.15, -0.1) is 22.7 Å². The Labute approximate surface area is 399 Å². The summed E-state index contributed by atoms with van der Waals surface area (Å²) >= 11 is 3.70. The summed E-state index contributed by atoms with van der Waals surface area (Å²) in [6.07, 6.45) is 0. The molecule has 0 aliphatic rings. The fourth-order valence-electron chi connectivity index (χ4n) is 10.2. The Bertz CT molecular complexity index is 4260. The molecule has 0 radical (unpaired) electrons. The Morgan fingerprint density at radius 1 is 0.294 bits per heavy atom. The highest BCUT2D eigenvalue weighted by Gasteiger charge is 2.21. The van der Waals surface area contributed by atoms with Gasteiger partial charge < -0.3 is 0 Å². The summed E-state index contributed by atoms with van der Waals surface area (Å²) in [5.74, 6) is 1.95. The van der Waals surface area contributed by atoms with Gasteiger partial charge in [0.25, 0.3) is 0 Å². The molecule has 10 aromatic carbocycles. The molecule has 0 saturated carbocycles. The summed E-state index contributed by atoms with van der Waals surface area (Å²) < 4.78 is 5.04. The largest absolute Gasteiger partial charge is 0.247 e. The highest BCUT2D eigenvalue weighted by Crippen LogP contribution is 2.48. The normalized spacial score (nSPS) is 11.8. The van der Waals surface area contributed by atoms with Crippen molar-refractivity contribution in [1.29, 1.82) is 0 Å². The Balaban J connectivity index is 0.972. The first kappa shape index (κ1) is 38.8. The highest BCUT2D eigenvalue weighted by atomic mass is 32.1. The summed E-state index contributed by atoms with van der Waals surface area (Å²) in [7, 11) is 0. The number of benzene rings is 10. The molecular weight excluding hydrogens is 865 g/mol. The molecular formula is C62H36N4S2. The van der Waals surface area contributed by atoms with Crippen molar-refractivity contribution in [2.24, 2.45) is 0 Å². The first-order chi connectivity index (χ1) is 33.7. The summed E-state index contributed by atoms with van der Waals surface area (Å²) in [4.78, 5) is 20.6. The van der Waals surface area contributed by atoms with Gasteiger partial charge in [-0.25, -0.2) is 19.9 Å². The number of hydrogen-bond donors (Lipinski definition) is 0. The fourth-order valence-corrected chi connectivity index (χ4v) is 12.5. The molecule has 68 heavy (non-hydrogen) atoms. The lowest BCUT2D eigenvalue weighted by Crippen LogP contribution is -2.00. The number of nitrogens with zero attached hydrogens (tertiary/aromatic N) is 4. The lowest BCUT2D eigenvalue weighted by molar-refractivity contribution is 1.07. The molecule has 0 N–H and O–H groups in total. The van der Waals surface area contributed by atoms with Crippen LogP contribution in [0.3, 0.4) is 0 Å². The van der Waals surface area contributed by atoms with E-state index in [9.17, 15) is 0 Å². The maximum absolute atomic E-state index is 5.54. The maximum Gasteiger partial charge on any atom is 0.164 e. The van der Waals surface area contributed by atoms with E-state index >= 15 is 0 Å². The van der Waals surface area contributed by atoms with Gasteiger partial charge >= 0.3 is 0 Å². The van der Waals surface area contributed by atoms with E-state index in [-0.39, 0.29) is 0 Å². The van der Waals surface area contributed by atoms with Crippen LogP contribution in [-0.2, 0) is 0 Å². The van der Waals surface area contributed by atoms with Crippen molar-refractivity contribution in [3.63, 3.8) is 0 Å². The number of aromatic nitrogens is 4. The van der Waals surface area contributed by atoms with Crippen molar-refractivity contribution in [3.05, 3.63) is 218 Å². The minimum absolute atomic E-state index is 0.646. The van der Waals surface area contributed by atoms with Crippen LogP contribution in [0.25, 0.3) is 140 Å². The number of hydrogen-bond acceptors (Lipinski definition) is 6. The van der Waals surface area contributed by atoms with Crippen LogP contribution in [0.1, 0.15) is 0 Å². The van der Waals surface area contributed by atoms with Crippen molar-refractivity contribution in [2.45, 2.75) is 0 Å². The van der Waals surface area contributed by atoms with Crippen LogP contribution in [0.15, 0.2) is 218 Å². The second-order valence-electron chi connectivity index (χ2n) is 17.3. The molecule has 0 amide bonds. The van der Waals surface area contributed by atoms with E-state index in [0.717, 1.165) is 44.4 Å². The molecule has 14 aromatic rings. The molecule has 0 unspecified atom stereocenters. The third kappa shape index (κ3) is 6.26. The van der Waals surface area contributed by atoms with E-state index in [1.165, 1.54) is 78.6 Å². The summed E-state index contributed by atoms with van der Waals surface area (Å²) in [6, 6.07) is 78.0. The van der Waals surface area contributed by atoms with Crippen LogP contribution >= 0.6 is 22.7 Å². The molecule has 0 aliphatic heterocycles. The lowest BCUT2D eigenvalue weighted by Gasteiger charge is -2.17. The van der Waals surface area contributed by atoms with E-state index in [4.69, 9.17) is 19.9 Å². The zero-order valence-electron chi connectivity index (χ0n) is 36.4. The van der Waals surface area contributed by atoms with Gasteiger partial charge in [0.2, 0.25) is 0 Å². The van der Waals surface area contributed by atoms with Crippen LogP contribution < -0.4 is 0 Å². The van der Waals surface area contributed by atoms with Crippen LogP contribution in [0.2, 0.25) is 0 Å². The van der Waals surface area contributed by atoms with E-state index in [1.807, 2.05) is 59.1 Å². The summed E-state index contributed by atoms with van der Waals surface area (Å²) in [5, 5.41) is 11.0. The van der Waals surface area contributed by atoms with Crippen LogP contribution in [0.5, 0.6) is 0 Å². The summed E-state index contributed by atoms with van der Waals surface area (Å²) in [5.41, 5.74) is 10.7. The molecule has 14 rings (SSSR count). The van der Waals surface area contributed by atoms with Gasteiger partial charge in [-0.2, -0.15) is 0 Å². The third-order valence-corrected chi connectivity index (χ3v) is 15.7. The molecule has 6 heteroatoms. The second-order valence-corrected chi connectivity index (χ2v) is 19.4. The standard InChI is InChI=1S/C62H36N4S2/c1-4-16-38(17-5-1)58-48-32-34-54-57(47-23-12-13-26-52(47)67-54)56(48)46-31-28-41(36-51(46)63-58)44-30-27-37-15-10-11-22-43(37)55(44)49-25-14-24-45-50-35-42(29-33-53(50)68-59(45)49)62-65-60(39-18-6-2-7-19-39)64-61(66-62)40-20-8-3-9-21-40/h1-36H. The Kier molecular flexibility index (Phi) is 8.90. The van der Waals surface area contributed by atoms with Crippen LogP contribution in [-0.4, -0.2) is 19.9 Å². The molecule has 0 aliphatic carbocycles. The number of rotatable bonds is 6. The van der Waals surface area contributed by atoms with Gasteiger partial charge in [0.05, 0.1) is 11.2 Å². The second kappa shape index (κ2) is 15.6. The Hall–Kier alpha value is -8.42. The van der Waals surface area contributed by atoms with Crippen LogP contribution in [0.4, 0.5) is 0 Å². The minimum atomic E-state index is 0.646. The maximum atomic E-state index is 5.54. The van der Waals surface area contributed by atoms with E-state index in [0.29, 0.717) is 17.5 Å². The first-order valence-electron chi connectivity index (χ1n) is 22.8. The Morgan fingerprint density at radius 3 is 1.66 bits per heavy atom. The smallest absolute Gasteiger partial charge is 0.164 e. The van der Waals surface area contributed by atoms with Crippen molar-refractivity contribution in [2.75, 3.05) is 0 Å². The first-order valence-corrected chi connectivity index (χ1v) is 24.4. The minimum Gasteiger partial charge on any atom is -0.247 e. The van der Waals surface area contributed by atoms with Gasteiger partial charge in [0.1, 0.15) is 0 Å². The molecule has 0 saturated heterocycles. The van der Waals surface area contributed by atoms with Crippen molar-refractivity contribution < 1.29 is 0 Å². The van der Waals surface area contributed by atoms with Gasteiger partial charge in [-0.05, 0) is 63.9 Å². The highest BCUT2D eigenvalue weighted by molar-refractivity contribution is 7.26. The fraction of sp³-hybridized carbons (Fsp3) is 0. The van der Waals surface area contributed by atoms with Gasteiger partial charge in [-0.3, -0.25) is 0 Å². The molecule has 0 bridgehead atoms. The zero-order chi connectivity index (χ0) is 44.7. The van der Waals surface area contributed by atoms with Crippen LogP contribution in [0, 0.1) is 0 Å². The molecule has 316 valence electrons. The topological polar surface area (TPSA) is 51.6 Å². The van der Waals surface area contributed by atoms with E-state index in [1.54, 1.807) is 0 Å². The predicted octanol–water partition coefficient (Wildman–Crippen LogP) is 17.5. The predicted molar refractivity (Wildman–Crippen MR) is 289 cm³/mol. The van der Waals surface area contributed by atoms with E-state index in [2.05, 4.69) is 182 Å². The zero-order valence-corrected chi connectivity index (χ0v) is 38.0. The third-order valence-electron chi connectivity index (χ3n) is 13.3. The van der Waals surface area contributed by atoms with Gasteiger partial charge in [0, 0.05) is 84.3 Å².